The standard InChI is InChI=1S/C17H21ClN4OS/c1-3-10(2)13(19)7-12-8-14-15(24-12)16(22-17(18)21-14)20-9-11-5-4-6-23-11/h4-6,8,10,13H,3,7,9,19H2,1-2H3,(H,20,21,22)/t10-,13+/m0/s1. The first-order valence-electron chi connectivity index (χ1n) is 8.04. The highest BCUT2D eigenvalue weighted by atomic mass is 35.5. The van der Waals surface area contributed by atoms with E-state index in [1.165, 1.54) is 4.88 Å². The van der Waals surface area contributed by atoms with Crippen molar-refractivity contribution in [3.8, 4) is 0 Å². The van der Waals surface area contributed by atoms with E-state index >= 15 is 0 Å². The summed E-state index contributed by atoms with van der Waals surface area (Å²) >= 11 is 7.74. The molecule has 5 nitrogen and oxygen atoms in total. The fourth-order valence-electron chi connectivity index (χ4n) is 2.49. The van der Waals surface area contributed by atoms with Gasteiger partial charge in [-0.3, -0.25) is 0 Å². The van der Waals surface area contributed by atoms with E-state index in [9.17, 15) is 0 Å². The monoisotopic (exact) mass is 364 g/mol. The molecule has 0 amide bonds. The second kappa shape index (κ2) is 7.51. The van der Waals surface area contributed by atoms with Crippen LogP contribution in [0.2, 0.25) is 5.28 Å². The Balaban J connectivity index is 1.83. The summed E-state index contributed by atoms with van der Waals surface area (Å²) in [6, 6.07) is 5.98. The van der Waals surface area contributed by atoms with Gasteiger partial charge in [0, 0.05) is 10.9 Å². The fraction of sp³-hybridized carbons (Fsp3) is 0.412. The number of rotatable bonds is 7. The van der Waals surface area contributed by atoms with Gasteiger partial charge in [-0.05, 0) is 42.1 Å². The molecule has 3 aromatic rings. The molecule has 3 heterocycles. The summed E-state index contributed by atoms with van der Waals surface area (Å²) in [6.45, 7) is 4.90. The molecule has 7 heteroatoms. The maximum atomic E-state index is 6.29. The van der Waals surface area contributed by atoms with Crippen LogP contribution in [0.25, 0.3) is 10.2 Å². The van der Waals surface area contributed by atoms with E-state index in [0.29, 0.717) is 12.5 Å². The summed E-state index contributed by atoms with van der Waals surface area (Å²) in [6.07, 6.45) is 3.57. The van der Waals surface area contributed by atoms with E-state index in [-0.39, 0.29) is 11.3 Å². The maximum Gasteiger partial charge on any atom is 0.224 e. The van der Waals surface area contributed by atoms with E-state index < -0.39 is 0 Å². The van der Waals surface area contributed by atoms with Crippen LogP contribution < -0.4 is 11.1 Å². The predicted molar refractivity (Wildman–Crippen MR) is 99.6 cm³/mol. The summed E-state index contributed by atoms with van der Waals surface area (Å²) in [5.74, 6) is 2.06. The van der Waals surface area contributed by atoms with Crippen molar-refractivity contribution in [1.29, 1.82) is 0 Å². The van der Waals surface area contributed by atoms with Gasteiger partial charge >= 0.3 is 0 Å². The number of aromatic nitrogens is 2. The molecule has 0 radical (unpaired) electrons. The van der Waals surface area contributed by atoms with Gasteiger partial charge in [0.25, 0.3) is 0 Å². The third kappa shape index (κ3) is 3.88. The van der Waals surface area contributed by atoms with Gasteiger partial charge in [-0.2, -0.15) is 4.98 Å². The highest BCUT2D eigenvalue weighted by Gasteiger charge is 2.16. The smallest absolute Gasteiger partial charge is 0.224 e. The first-order valence-corrected chi connectivity index (χ1v) is 9.24. The van der Waals surface area contributed by atoms with E-state index in [0.717, 1.165) is 34.6 Å². The average Bonchev–Trinajstić information content (AvgIpc) is 3.20. The first kappa shape index (κ1) is 17.2. The number of furan rings is 1. The molecular formula is C17H21ClN4OS. The van der Waals surface area contributed by atoms with Crippen LogP contribution in [-0.2, 0) is 13.0 Å². The fourth-order valence-corrected chi connectivity index (χ4v) is 3.80. The molecule has 128 valence electrons. The Morgan fingerprint density at radius 3 is 2.96 bits per heavy atom. The number of fused-ring (bicyclic) bond motifs is 1. The molecule has 0 spiro atoms. The summed E-state index contributed by atoms with van der Waals surface area (Å²) in [5, 5.41) is 3.52. The number of nitrogens with two attached hydrogens (primary N) is 1. The van der Waals surface area contributed by atoms with Crippen LogP contribution in [0, 0.1) is 5.92 Å². The molecule has 0 aliphatic rings. The van der Waals surface area contributed by atoms with Crippen molar-refractivity contribution in [2.45, 2.75) is 39.3 Å². The van der Waals surface area contributed by atoms with Gasteiger partial charge in [0.15, 0.2) is 0 Å². The third-order valence-electron chi connectivity index (χ3n) is 4.22. The number of anilines is 1. The zero-order chi connectivity index (χ0) is 17.1. The molecule has 0 saturated heterocycles. The van der Waals surface area contributed by atoms with Crippen molar-refractivity contribution >= 4 is 39.0 Å². The highest BCUT2D eigenvalue weighted by molar-refractivity contribution is 7.19. The molecule has 0 saturated carbocycles. The SMILES string of the molecule is CC[C@H](C)[C@H](N)Cc1cc2nc(Cl)nc(NCc3ccco3)c2s1. The zero-order valence-electron chi connectivity index (χ0n) is 13.8. The number of nitrogens with one attached hydrogen (secondary N) is 1. The topological polar surface area (TPSA) is 77.0 Å². The molecule has 3 aromatic heterocycles. The van der Waals surface area contributed by atoms with Crippen LogP contribution in [-0.4, -0.2) is 16.0 Å². The summed E-state index contributed by atoms with van der Waals surface area (Å²) in [7, 11) is 0. The Kier molecular flexibility index (Phi) is 5.38. The van der Waals surface area contributed by atoms with Gasteiger partial charge in [-0.25, -0.2) is 4.98 Å². The maximum absolute atomic E-state index is 6.29. The molecule has 3 N–H and O–H groups in total. The van der Waals surface area contributed by atoms with Gasteiger partial charge in [0.1, 0.15) is 11.6 Å². The number of thiophene rings is 1. The van der Waals surface area contributed by atoms with E-state index in [4.69, 9.17) is 21.8 Å². The lowest BCUT2D eigenvalue weighted by Crippen LogP contribution is -2.29. The van der Waals surface area contributed by atoms with E-state index in [1.807, 2.05) is 12.1 Å². The second-order valence-electron chi connectivity index (χ2n) is 5.95. The highest BCUT2D eigenvalue weighted by Crippen LogP contribution is 2.32. The quantitative estimate of drug-likeness (QED) is 0.605. The van der Waals surface area contributed by atoms with Crippen LogP contribution in [0.15, 0.2) is 28.9 Å². The average molecular weight is 365 g/mol. The van der Waals surface area contributed by atoms with Gasteiger partial charge < -0.3 is 15.5 Å². The molecule has 0 unspecified atom stereocenters. The lowest BCUT2D eigenvalue weighted by molar-refractivity contribution is 0.442. The molecule has 0 aromatic carbocycles. The summed E-state index contributed by atoms with van der Waals surface area (Å²) < 4.78 is 6.34. The Morgan fingerprint density at radius 1 is 1.42 bits per heavy atom. The molecule has 2 atom stereocenters. The van der Waals surface area contributed by atoms with Crippen LogP contribution in [0.4, 0.5) is 5.82 Å². The third-order valence-corrected chi connectivity index (χ3v) is 5.54. The number of hydrogen-bond acceptors (Lipinski definition) is 6. The van der Waals surface area contributed by atoms with Crippen molar-refractivity contribution < 1.29 is 4.42 Å². The molecule has 0 aliphatic carbocycles. The Hall–Kier alpha value is -1.63. The van der Waals surface area contributed by atoms with Crippen molar-refractivity contribution in [2.24, 2.45) is 11.7 Å². The van der Waals surface area contributed by atoms with Gasteiger partial charge in [0.05, 0.1) is 23.0 Å². The Morgan fingerprint density at radius 2 is 2.25 bits per heavy atom. The largest absolute Gasteiger partial charge is 0.467 e. The van der Waals surface area contributed by atoms with Gasteiger partial charge in [-0.15, -0.1) is 11.3 Å². The van der Waals surface area contributed by atoms with Crippen molar-refractivity contribution in [2.75, 3.05) is 5.32 Å². The lowest BCUT2D eigenvalue weighted by Gasteiger charge is -2.16. The normalized spacial score (nSPS) is 14.0. The number of halogens is 1. The molecule has 0 fully saturated rings. The molecule has 3 rings (SSSR count). The summed E-state index contributed by atoms with van der Waals surface area (Å²) in [5.41, 5.74) is 7.14. The van der Waals surface area contributed by atoms with E-state index in [1.54, 1.807) is 17.6 Å². The number of hydrogen-bond donors (Lipinski definition) is 2. The Bertz CT molecular complexity index is 802. The number of nitrogens with zero attached hydrogens (tertiary/aromatic N) is 2. The van der Waals surface area contributed by atoms with Crippen LogP contribution in [0.5, 0.6) is 0 Å². The summed E-state index contributed by atoms with van der Waals surface area (Å²) in [4.78, 5) is 9.86. The predicted octanol–water partition coefficient (Wildman–Crippen LogP) is 4.47. The zero-order valence-corrected chi connectivity index (χ0v) is 15.3. The molecule has 24 heavy (non-hydrogen) atoms. The van der Waals surface area contributed by atoms with Crippen LogP contribution in [0.1, 0.15) is 30.9 Å². The van der Waals surface area contributed by atoms with Crippen molar-refractivity contribution in [1.82, 2.24) is 9.97 Å². The van der Waals surface area contributed by atoms with Gasteiger partial charge in [0.2, 0.25) is 5.28 Å². The van der Waals surface area contributed by atoms with Gasteiger partial charge in [-0.1, -0.05) is 20.3 Å². The first-order chi connectivity index (χ1) is 11.6. The van der Waals surface area contributed by atoms with E-state index in [2.05, 4.69) is 35.2 Å². The van der Waals surface area contributed by atoms with Crippen LogP contribution in [0.3, 0.4) is 0 Å². The molecule has 0 bridgehead atoms. The molecule has 0 aliphatic heterocycles. The Labute approximate surface area is 150 Å². The van der Waals surface area contributed by atoms with Crippen LogP contribution >= 0.6 is 22.9 Å². The second-order valence-corrected chi connectivity index (χ2v) is 7.43. The van der Waals surface area contributed by atoms with Crippen molar-refractivity contribution in [3.05, 3.63) is 40.4 Å². The minimum absolute atomic E-state index is 0.144. The molecular weight excluding hydrogens is 344 g/mol. The minimum Gasteiger partial charge on any atom is -0.467 e. The van der Waals surface area contributed by atoms with Crippen molar-refractivity contribution in [3.63, 3.8) is 0 Å². The minimum atomic E-state index is 0.144. The lowest BCUT2D eigenvalue weighted by atomic mass is 9.97.